The first kappa shape index (κ1) is 11.9. The standard InChI is InChI=1S/C11H20N4S/c1-15-10(13-9-14-15)7-12-8-11(16-2)5-3-4-6-11/h9,12H,3-8H2,1-2H3. The number of thioether (sulfide) groups is 1. The third-order valence-corrected chi connectivity index (χ3v) is 4.90. The number of hydrogen-bond acceptors (Lipinski definition) is 4. The third-order valence-electron chi connectivity index (χ3n) is 3.48. The molecular weight excluding hydrogens is 220 g/mol. The van der Waals surface area contributed by atoms with Crippen molar-refractivity contribution in [3.05, 3.63) is 12.2 Å². The average molecular weight is 240 g/mol. The fourth-order valence-electron chi connectivity index (χ4n) is 2.35. The highest BCUT2D eigenvalue weighted by molar-refractivity contribution is 8.00. The monoisotopic (exact) mass is 240 g/mol. The molecule has 1 aromatic heterocycles. The second-order valence-corrected chi connectivity index (χ2v) is 5.77. The Morgan fingerprint density at radius 3 is 2.81 bits per heavy atom. The molecule has 16 heavy (non-hydrogen) atoms. The number of rotatable bonds is 5. The Bertz CT molecular complexity index is 330. The third kappa shape index (κ3) is 2.58. The van der Waals surface area contributed by atoms with E-state index in [-0.39, 0.29) is 0 Å². The summed E-state index contributed by atoms with van der Waals surface area (Å²) in [5.41, 5.74) is 0. The van der Waals surface area contributed by atoms with Crippen LogP contribution in [0.3, 0.4) is 0 Å². The molecule has 1 N–H and O–H groups in total. The van der Waals surface area contributed by atoms with Crippen molar-refractivity contribution in [3.63, 3.8) is 0 Å². The maximum Gasteiger partial charge on any atom is 0.140 e. The number of nitrogens with zero attached hydrogens (tertiary/aromatic N) is 3. The van der Waals surface area contributed by atoms with Crippen molar-refractivity contribution in [2.24, 2.45) is 7.05 Å². The molecule has 0 aliphatic heterocycles. The molecule has 0 aromatic carbocycles. The number of aryl methyl sites for hydroxylation is 1. The van der Waals surface area contributed by atoms with Crippen LogP contribution in [0.25, 0.3) is 0 Å². The summed E-state index contributed by atoms with van der Waals surface area (Å²) in [7, 11) is 1.93. The van der Waals surface area contributed by atoms with Crippen LogP contribution >= 0.6 is 11.8 Å². The summed E-state index contributed by atoms with van der Waals surface area (Å²) in [6.07, 6.45) is 9.30. The van der Waals surface area contributed by atoms with Gasteiger partial charge in [-0.3, -0.25) is 4.68 Å². The minimum absolute atomic E-state index is 0.471. The summed E-state index contributed by atoms with van der Waals surface area (Å²) in [5.74, 6) is 1.01. The largest absolute Gasteiger partial charge is 0.308 e. The van der Waals surface area contributed by atoms with E-state index in [1.54, 1.807) is 6.33 Å². The molecule has 1 aliphatic rings. The van der Waals surface area contributed by atoms with Gasteiger partial charge in [0.05, 0.1) is 6.54 Å². The van der Waals surface area contributed by atoms with Crippen molar-refractivity contribution in [2.45, 2.75) is 37.0 Å². The minimum atomic E-state index is 0.471. The van der Waals surface area contributed by atoms with E-state index in [9.17, 15) is 0 Å². The van der Waals surface area contributed by atoms with Crippen molar-refractivity contribution < 1.29 is 0 Å². The molecule has 4 nitrogen and oxygen atoms in total. The Kier molecular flexibility index (Phi) is 3.86. The van der Waals surface area contributed by atoms with E-state index < -0.39 is 0 Å². The molecule has 1 aromatic rings. The average Bonchev–Trinajstić information content (AvgIpc) is 2.90. The lowest BCUT2D eigenvalue weighted by atomic mass is 10.1. The van der Waals surface area contributed by atoms with Crippen molar-refractivity contribution in [3.8, 4) is 0 Å². The zero-order valence-electron chi connectivity index (χ0n) is 10.1. The second kappa shape index (κ2) is 5.19. The second-order valence-electron chi connectivity index (χ2n) is 4.50. The zero-order valence-corrected chi connectivity index (χ0v) is 10.9. The molecule has 2 rings (SSSR count). The van der Waals surface area contributed by atoms with Crippen molar-refractivity contribution in [1.82, 2.24) is 20.1 Å². The molecule has 1 heterocycles. The van der Waals surface area contributed by atoms with Crippen LogP contribution in [0.15, 0.2) is 6.33 Å². The lowest BCUT2D eigenvalue weighted by Gasteiger charge is -2.26. The Hall–Kier alpha value is -0.550. The van der Waals surface area contributed by atoms with E-state index >= 15 is 0 Å². The molecule has 0 saturated heterocycles. The van der Waals surface area contributed by atoms with Gasteiger partial charge >= 0.3 is 0 Å². The molecule has 1 saturated carbocycles. The number of aromatic nitrogens is 3. The highest BCUT2D eigenvalue weighted by Gasteiger charge is 2.32. The Balaban J connectivity index is 1.81. The van der Waals surface area contributed by atoms with Crippen molar-refractivity contribution in [1.29, 1.82) is 0 Å². The van der Waals surface area contributed by atoms with Gasteiger partial charge in [0.25, 0.3) is 0 Å². The van der Waals surface area contributed by atoms with E-state index in [0.717, 1.165) is 18.9 Å². The fraction of sp³-hybridized carbons (Fsp3) is 0.818. The summed E-state index contributed by atoms with van der Waals surface area (Å²) in [4.78, 5) is 4.21. The Morgan fingerprint density at radius 2 is 2.25 bits per heavy atom. The smallest absolute Gasteiger partial charge is 0.140 e. The van der Waals surface area contributed by atoms with Crippen LogP contribution in [0.2, 0.25) is 0 Å². The van der Waals surface area contributed by atoms with Crippen LogP contribution in [0.5, 0.6) is 0 Å². The Labute approximate surface area is 101 Å². The lowest BCUT2D eigenvalue weighted by molar-refractivity contribution is 0.517. The predicted octanol–water partition coefficient (Wildman–Crippen LogP) is 1.58. The van der Waals surface area contributed by atoms with Crippen LogP contribution in [0.1, 0.15) is 31.5 Å². The molecular formula is C11H20N4S. The molecule has 1 fully saturated rings. The summed E-state index contributed by atoms with van der Waals surface area (Å²) >= 11 is 2.02. The van der Waals surface area contributed by atoms with E-state index in [1.807, 2.05) is 23.5 Å². The SMILES string of the molecule is CSC1(CNCc2ncnn2C)CCCC1. The van der Waals surface area contributed by atoms with Gasteiger partial charge in [0.15, 0.2) is 0 Å². The molecule has 0 unspecified atom stereocenters. The summed E-state index contributed by atoms with van der Waals surface area (Å²) in [6, 6.07) is 0. The summed E-state index contributed by atoms with van der Waals surface area (Å²) in [6.45, 7) is 1.90. The first-order valence-electron chi connectivity index (χ1n) is 5.84. The lowest BCUT2D eigenvalue weighted by Crippen LogP contribution is -2.35. The summed E-state index contributed by atoms with van der Waals surface area (Å²) in [5, 5.41) is 7.58. The van der Waals surface area contributed by atoms with Crippen LogP contribution in [0.4, 0.5) is 0 Å². The van der Waals surface area contributed by atoms with E-state index in [2.05, 4.69) is 21.7 Å². The van der Waals surface area contributed by atoms with Crippen LogP contribution in [0, 0.1) is 0 Å². The highest BCUT2D eigenvalue weighted by atomic mass is 32.2. The fourth-order valence-corrected chi connectivity index (χ4v) is 3.30. The highest BCUT2D eigenvalue weighted by Crippen LogP contribution is 2.39. The molecule has 90 valence electrons. The topological polar surface area (TPSA) is 42.7 Å². The maximum absolute atomic E-state index is 4.21. The van der Waals surface area contributed by atoms with Gasteiger partial charge < -0.3 is 5.32 Å². The van der Waals surface area contributed by atoms with E-state index in [1.165, 1.54) is 25.7 Å². The van der Waals surface area contributed by atoms with Gasteiger partial charge in [-0.25, -0.2) is 4.98 Å². The van der Waals surface area contributed by atoms with Gasteiger partial charge in [-0.2, -0.15) is 16.9 Å². The van der Waals surface area contributed by atoms with E-state index in [0.29, 0.717) is 4.75 Å². The predicted molar refractivity (Wildman–Crippen MR) is 67.4 cm³/mol. The van der Waals surface area contributed by atoms with Crippen molar-refractivity contribution >= 4 is 11.8 Å². The van der Waals surface area contributed by atoms with Crippen LogP contribution in [-0.4, -0.2) is 32.3 Å². The van der Waals surface area contributed by atoms with Gasteiger partial charge in [0, 0.05) is 18.3 Å². The van der Waals surface area contributed by atoms with E-state index in [4.69, 9.17) is 0 Å². The quantitative estimate of drug-likeness (QED) is 0.848. The molecule has 0 radical (unpaired) electrons. The molecule has 0 bridgehead atoms. The van der Waals surface area contributed by atoms with Gasteiger partial charge in [0.2, 0.25) is 0 Å². The van der Waals surface area contributed by atoms with Crippen LogP contribution in [-0.2, 0) is 13.6 Å². The van der Waals surface area contributed by atoms with Gasteiger partial charge in [-0.05, 0) is 19.1 Å². The first-order chi connectivity index (χ1) is 7.76. The van der Waals surface area contributed by atoms with Crippen molar-refractivity contribution in [2.75, 3.05) is 12.8 Å². The zero-order chi connectivity index (χ0) is 11.4. The Morgan fingerprint density at radius 1 is 1.50 bits per heavy atom. The molecule has 1 aliphatic carbocycles. The minimum Gasteiger partial charge on any atom is -0.308 e. The maximum atomic E-state index is 4.21. The molecule has 0 spiro atoms. The van der Waals surface area contributed by atoms with Gasteiger partial charge in [0.1, 0.15) is 12.2 Å². The van der Waals surface area contributed by atoms with Gasteiger partial charge in [-0.15, -0.1) is 0 Å². The van der Waals surface area contributed by atoms with Crippen LogP contribution < -0.4 is 5.32 Å². The van der Waals surface area contributed by atoms with Gasteiger partial charge in [-0.1, -0.05) is 12.8 Å². The number of nitrogens with one attached hydrogen (secondary N) is 1. The normalized spacial score (nSPS) is 19.1. The molecule has 5 heteroatoms. The molecule has 0 amide bonds. The summed E-state index contributed by atoms with van der Waals surface area (Å²) < 4.78 is 2.30. The molecule has 0 atom stereocenters. The number of hydrogen-bond donors (Lipinski definition) is 1. The first-order valence-corrected chi connectivity index (χ1v) is 7.07.